The van der Waals surface area contributed by atoms with Crippen LogP contribution in [0, 0.1) is 3.57 Å². The lowest BCUT2D eigenvalue weighted by molar-refractivity contribution is -0.169. The molecule has 1 aromatic rings. The molecule has 0 aliphatic carbocycles. The van der Waals surface area contributed by atoms with Gasteiger partial charge in [-0.1, -0.05) is 0 Å². The van der Waals surface area contributed by atoms with Crippen molar-refractivity contribution < 1.29 is 9.47 Å². The van der Waals surface area contributed by atoms with E-state index in [4.69, 9.17) is 15.2 Å². The lowest BCUT2D eigenvalue weighted by atomic mass is 10.0. The molecule has 3 rings (SSSR count). The van der Waals surface area contributed by atoms with E-state index >= 15 is 0 Å². The number of piperidine rings is 1. The number of rotatable bonds is 1. The van der Waals surface area contributed by atoms with Gasteiger partial charge < -0.3 is 20.1 Å². The number of hydrogen-bond donors (Lipinski definition) is 1. The Morgan fingerprint density at radius 3 is 2.44 bits per heavy atom. The van der Waals surface area contributed by atoms with Gasteiger partial charge in [0, 0.05) is 29.5 Å². The van der Waals surface area contributed by atoms with E-state index in [2.05, 4.69) is 39.6 Å². The molecule has 0 unspecified atom stereocenters. The summed E-state index contributed by atoms with van der Waals surface area (Å²) in [4.78, 5) is 2.32. The number of nitrogens with two attached hydrogens (primary N) is 1. The van der Waals surface area contributed by atoms with Gasteiger partial charge in [0.05, 0.1) is 24.6 Å². The lowest BCUT2D eigenvalue weighted by Gasteiger charge is -2.39. The van der Waals surface area contributed by atoms with E-state index in [1.165, 1.54) is 3.57 Å². The molecule has 0 atom stereocenters. The van der Waals surface area contributed by atoms with Crippen molar-refractivity contribution in [1.82, 2.24) is 0 Å². The molecule has 4 nitrogen and oxygen atoms in total. The number of halogens is 1. The molecule has 2 saturated heterocycles. The Morgan fingerprint density at radius 2 is 1.83 bits per heavy atom. The first-order valence-corrected chi connectivity index (χ1v) is 7.34. The van der Waals surface area contributed by atoms with Gasteiger partial charge in [0.25, 0.3) is 0 Å². The molecule has 1 aromatic carbocycles. The molecule has 2 fully saturated rings. The van der Waals surface area contributed by atoms with Crippen molar-refractivity contribution in [3.05, 3.63) is 21.8 Å². The Hall–Kier alpha value is -0.530. The molecule has 5 heteroatoms. The maximum absolute atomic E-state index is 6.09. The van der Waals surface area contributed by atoms with E-state index in [0.717, 1.165) is 50.5 Å². The standard InChI is InChI=1S/C13H17IN2O2/c14-10-1-2-12(11(15)9-10)16-5-3-13(4-6-16)17-7-8-18-13/h1-2,9H,3-8,15H2. The summed E-state index contributed by atoms with van der Waals surface area (Å²) >= 11 is 2.28. The molecule has 0 saturated carbocycles. The number of nitrogens with zero attached hydrogens (tertiary/aromatic N) is 1. The van der Waals surface area contributed by atoms with Crippen molar-refractivity contribution in [1.29, 1.82) is 0 Å². The lowest BCUT2D eigenvalue weighted by Crippen LogP contribution is -2.45. The van der Waals surface area contributed by atoms with Gasteiger partial charge in [-0.25, -0.2) is 0 Å². The molecule has 2 N–H and O–H groups in total. The van der Waals surface area contributed by atoms with Gasteiger partial charge in [-0.05, 0) is 40.8 Å². The molecule has 2 aliphatic rings. The Kier molecular flexibility index (Phi) is 3.38. The van der Waals surface area contributed by atoms with Gasteiger partial charge >= 0.3 is 0 Å². The first-order valence-electron chi connectivity index (χ1n) is 6.26. The third kappa shape index (κ3) is 2.31. The van der Waals surface area contributed by atoms with Crippen molar-refractivity contribution in [2.75, 3.05) is 36.9 Å². The van der Waals surface area contributed by atoms with E-state index < -0.39 is 0 Å². The molecular weight excluding hydrogens is 343 g/mol. The summed E-state index contributed by atoms with van der Waals surface area (Å²) in [5, 5.41) is 0. The summed E-state index contributed by atoms with van der Waals surface area (Å²) in [6, 6.07) is 6.22. The molecule has 18 heavy (non-hydrogen) atoms. The highest BCUT2D eigenvalue weighted by Gasteiger charge is 2.39. The zero-order chi connectivity index (χ0) is 12.6. The van der Waals surface area contributed by atoms with Crippen LogP contribution < -0.4 is 10.6 Å². The number of ether oxygens (including phenoxy) is 2. The SMILES string of the molecule is Nc1cc(I)ccc1N1CCC2(CC1)OCCO2. The van der Waals surface area contributed by atoms with Gasteiger partial charge in [-0.3, -0.25) is 0 Å². The summed E-state index contributed by atoms with van der Waals surface area (Å²) in [5.74, 6) is -0.311. The second-order valence-corrected chi connectivity index (χ2v) is 6.04. The average molecular weight is 360 g/mol. The van der Waals surface area contributed by atoms with Crippen LogP contribution in [0.3, 0.4) is 0 Å². The average Bonchev–Trinajstić information content (AvgIpc) is 2.80. The van der Waals surface area contributed by atoms with E-state index in [-0.39, 0.29) is 5.79 Å². The van der Waals surface area contributed by atoms with Gasteiger partial charge in [0.2, 0.25) is 0 Å². The number of hydrogen-bond acceptors (Lipinski definition) is 4. The molecule has 0 bridgehead atoms. The first kappa shape index (κ1) is 12.5. The van der Waals surface area contributed by atoms with E-state index in [9.17, 15) is 0 Å². The molecular formula is C13H17IN2O2. The second kappa shape index (κ2) is 4.86. The van der Waals surface area contributed by atoms with Crippen molar-refractivity contribution in [3.63, 3.8) is 0 Å². The van der Waals surface area contributed by atoms with E-state index in [0.29, 0.717) is 0 Å². The predicted molar refractivity (Wildman–Crippen MR) is 79.7 cm³/mol. The Bertz CT molecular complexity index is 437. The van der Waals surface area contributed by atoms with Crippen molar-refractivity contribution in [3.8, 4) is 0 Å². The van der Waals surface area contributed by atoms with E-state index in [1.807, 2.05) is 6.07 Å². The molecule has 2 heterocycles. The second-order valence-electron chi connectivity index (χ2n) is 4.80. The topological polar surface area (TPSA) is 47.7 Å². The summed E-state index contributed by atoms with van der Waals surface area (Å²) in [7, 11) is 0. The highest BCUT2D eigenvalue weighted by Crippen LogP contribution is 2.35. The third-order valence-corrected chi connectivity index (χ3v) is 4.34. The van der Waals surface area contributed by atoms with Crippen molar-refractivity contribution in [2.24, 2.45) is 0 Å². The number of nitrogen functional groups attached to an aromatic ring is 1. The summed E-state index contributed by atoms with van der Waals surface area (Å²) < 4.78 is 12.6. The summed E-state index contributed by atoms with van der Waals surface area (Å²) in [6.07, 6.45) is 1.83. The van der Waals surface area contributed by atoms with Crippen LogP contribution in [0.2, 0.25) is 0 Å². The van der Waals surface area contributed by atoms with Crippen LogP contribution in [0.4, 0.5) is 11.4 Å². The van der Waals surface area contributed by atoms with Crippen molar-refractivity contribution in [2.45, 2.75) is 18.6 Å². The van der Waals surface area contributed by atoms with Crippen molar-refractivity contribution >= 4 is 34.0 Å². The highest BCUT2D eigenvalue weighted by atomic mass is 127. The van der Waals surface area contributed by atoms with Crippen LogP contribution in [0.15, 0.2) is 18.2 Å². The molecule has 0 amide bonds. The number of anilines is 2. The highest BCUT2D eigenvalue weighted by molar-refractivity contribution is 14.1. The normalized spacial score (nSPS) is 22.6. The minimum atomic E-state index is -0.311. The fourth-order valence-electron chi connectivity index (χ4n) is 2.69. The zero-order valence-corrected chi connectivity index (χ0v) is 12.4. The Balaban J connectivity index is 1.72. The molecule has 1 spiro atoms. The smallest absolute Gasteiger partial charge is 0.171 e. The molecule has 0 radical (unpaired) electrons. The third-order valence-electron chi connectivity index (χ3n) is 3.67. The fraction of sp³-hybridized carbons (Fsp3) is 0.538. The minimum absolute atomic E-state index is 0.311. The number of benzene rings is 1. The molecule has 98 valence electrons. The van der Waals surface area contributed by atoms with Crippen LogP contribution in [0.1, 0.15) is 12.8 Å². The Labute approximate surface area is 121 Å². The van der Waals surface area contributed by atoms with Gasteiger partial charge in [-0.2, -0.15) is 0 Å². The van der Waals surface area contributed by atoms with Gasteiger partial charge in [-0.15, -0.1) is 0 Å². The molecule has 2 aliphatic heterocycles. The fourth-order valence-corrected chi connectivity index (χ4v) is 3.20. The molecule has 0 aromatic heterocycles. The quantitative estimate of drug-likeness (QED) is 0.616. The van der Waals surface area contributed by atoms with Gasteiger partial charge in [0.15, 0.2) is 5.79 Å². The first-order chi connectivity index (χ1) is 8.69. The van der Waals surface area contributed by atoms with Crippen LogP contribution in [0.5, 0.6) is 0 Å². The van der Waals surface area contributed by atoms with Gasteiger partial charge in [0.1, 0.15) is 0 Å². The van der Waals surface area contributed by atoms with E-state index in [1.54, 1.807) is 0 Å². The maximum atomic E-state index is 6.09. The van der Waals surface area contributed by atoms with Crippen LogP contribution >= 0.6 is 22.6 Å². The largest absolute Gasteiger partial charge is 0.397 e. The summed E-state index contributed by atoms with van der Waals surface area (Å²) in [6.45, 7) is 3.33. The monoisotopic (exact) mass is 360 g/mol. The predicted octanol–water partition coefficient (Wildman–Crippen LogP) is 2.22. The summed E-state index contributed by atoms with van der Waals surface area (Å²) in [5.41, 5.74) is 8.07. The van der Waals surface area contributed by atoms with Crippen LogP contribution in [0.25, 0.3) is 0 Å². The maximum Gasteiger partial charge on any atom is 0.171 e. The Morgan fingerprint density at radius 1 is 1.17 bits per heavy atom. The zero-order valence-electron chi connectivity index (χ0n) is 10.2. The van der Waals surface area contributed by atoms with Crippen LogP contribution in [-0.4, -0.2) is 32.1 Å². The van der Waals surface area contributed by atoms with Crippen LogP contribution in [-0.2, 0) is 9.47 Å². The minimum Gasteiger partial charge on any atom is -0.397 e.